The molecule has 7 nitrogen and oxygen atoms in total. The Labute approximate surface area is 180 Å². The van der Waals surface area contributed by atoms with E-state index in [9.17, 15) is 14.4 Å². The molecule has 2 heterocycles. The molecule has 2 aliphatic rings. The molecule has 2 rings (SSSR count). The molecular formula is C23H38O7. The van der Waals surface area contributed by atoms with Gasteiger partial charge < -0.3 is 18.9 Å². The largest absolute Gasteiger partial charge is 0.450 e. The predicted molar refractivity (Wildman–Crippen MR) is 111 cm³/mol. The molecule has 7 heteroatoms. The highest BCUT2D eigenvalue weighted by Crippen LogP contribution is 2.30. The van der Waals surface area contributed by atoms with Gasteiger partial charge in [-0.3, -0.25) is 9.59 Å². The van der Waals surface area contributed by atoms with Gasteiger partial charge in [-0.1, -0.05) is 64.7 Å². The first-order chi connectivity index (χ1) is 14.3. The van der Waals surface area contributed by atoms with Crippen LogP contribution in [0.2, 0.25) is 0 Å². The summed E-state index contributed by atoms with van der Waals surface area (Å²) in [6.45, 7) is 5.72. The van der Waals surface area contributed by atoms with Crippen molar-refractivity contribution in [3.05, 3.63) is 0 Å². The van der Waals surface area contributed by atoms with Crippen LogP contribution in [-0.2, 0) is 33.3 Å². The predicted octanol–water partition coefficient (Wildman–Crippen LogP) is 3.90. The van der Waals surface area contributed by atoms with Crippen molar-refractivity contribution >= 4 is 17.5 Å². The first kappa shape index (κ1) is 25.0. The molecule has 1 unspecified atom stereocenters. The summed E-state index contributed by atoms with van der Waals surface area (Å²) in [5.74, 6) is -2.58. The monoisotopic (exact) mass is 426 g/mol. The van der Waals surface area contributed by atoms with E-state index in [2.05, 4.69) is 6.92 Å². The summed E-state index contributed by atoms with van der Waals surface area (Å²) < 4.78 is 21.8. The number of hydrogen-bond donors (Lipinski definition) is 0. The van der Waals surface area contributed by atoms with Crippen LogP contribution in [0.5, 0.6) is 0 Å². The third-order valence-corrected chi connectivity index (χ3v) is 5.63. The lowest BCUT2D eigenvalue weighted by Gasteiger charge is -2.23. The van der Waals surface area contributed by atoms with Crippen LogP contribution in [0.3, 0.4) is 0 Å². The summed E-state index contributed by atoms with van der Waals surface area (Å²) in [5, 5.41) is 0. The quantitative estimate of drug-likeness (QED) is 0.223. The van der Waals surface area contributed by atoms with Gasteiger partial charge in [-0.2, -0.15) is 0 Å². The fourth-order valence-corrected chi connectivity index (χ4v) is 3.89. The van der Waals surface area contributed by atoms with Gasteiger partial charge in [0.1, 0.15) is 12.7 Å². The zero-order valence-corrected chi connectivity index (χ0v) is 18.8. The maximum atomic E-state index is 12.1. The molecule has 0 aliphatic carbocycles. The highest BCUT2D eigenvalue weighted by molar-refractivity contribution is 6.37. The van der Waals surface area contributed by atoms with Crippen molar-refractivity contribution in [1.82, 2.24) is 0 Å². The Morgan fingerprint density at radius 3 is 2.17 bits per heavy atom. The Morgan fingerprint density at radius 2 is 1.60 bits per heavy atom. The molecule has 0 aromatic rings. The first-order valence-electron chi connectivity index (χ1n) is 11.5. The zero-order valence-electron chi connectivity index (χ0n) is 18.8. The lowest BCUT2D eigenvalue weighted by atomic mass is 10.0. The van der Waals surface area contributed by atoms with Gasteiger partial charge in [-0.15, -0.1) is 0 Å². The van der Waals surface area contributed by atoms with Crippen molar-refractivity contribution in [2.24, 2.45) is 0 Å². The summed E-state index contributed by atoms with van der Waals surface area (Å²) in [6.07, 6.45) is 9.89. The van der Waals surface area contributed by atoms with Crippen LogP contribution in [0, 0.1) is 0 Å². The molecule has 30 heavy (non-hydrogen) atoms. The number of rotatable bonds is 15. The number of carbonyl (C=O) groups excluding carboxylic acids is 3. The van der Waals surface area contributed by atoms with Crippen molar-refractivity contribution in [2.45, 2.75) is 115 Å². The van der Waals surface area contributed by atoms with E-state index in [4.69, 9.17) is 18.9 Å². The number of ether oxygens (including phenoxy) is 4. The van der Waals surface area contributed by atoms with Gasteiger partial charge in [0.05, 0.1) is 6.61 Å². The molecule has 3 atom stereocenters. The average Bonchev–Trinajstić information content (AvgIpc) is 3.20. The maximum absolute atomic E-state index is 12.1. The fourth-order valence-electron chi connectivity index (χ4n) is 3.89. The Bertz CT molecular complexity index is 572. The number of cyclic esters (lactones) is 1. The van der Waals surface area contributed by atoms with Gasteiger partial charge in [0.2, 0.25) is 0 Å². The topological polar surface area (TPSA) is 88.1 Å². The second kappa shape index (κ2) is 12.5. The molecule has 0 spiro atoms. The Morgan fingerprint density at radius 1 is 1.00 bits per heavy atom. The molecule has 2 saturated heterocycles. The summed E-state index contributed by atoms with van der Waals surface area (Å²) in [5.41, 5.74) is 0. The van der Waals surface area contributed by atoms with Crippen molar-refractivity contribution in [2.75, 3.05) is 13.2 Å². The minimum Gasteiger partial charge on any atom is -0.450 e. The van der Waals surface area contributed by atoms with Crippen molar-refractivity contribution in [3.8, 4) is 0 Å². The number of esters is 1. The van der Waals surface area contributed by atoms with E-state index in [1.54, 1.807) is 13.8 Å². The van der Waals surface area contributed by atoms with Crippen LogP contribution in [0.1, 0.15) is 91.4 Å². The fraction of sp³-hybridized carbons (Fsp3) is 0.870. The third-order valence-electron chi connectivity index (χ3n) is 5.63. The maximum Gasteiger partial charge on any atom is 0.378 e. The van der Waals surface area contributed by atoms with Crippen LogP contribution < -0.4 is 0 Å². The van der Waals surface area contributed by atoms with E-state index in [1.807, 2.05) is 0 Å². The van der Waals surface area contributed by atoms with E-state index in [0.717, 1.165) is 19.3 Å². The smallest absolute Gasteiger partial charge is 0.378 e. The molecule has 2 fully saturated rings. The van der Waals surface area contributed by atoms with Gasteiger partial charge in [0.15, 0.2) is 23.8 Å². The molecule has 0 radical (unpaired) electrons. The summed E-state index contributed by atoms with van der Waals surface area (Å²) in [4.78, 5) is 35.9. The van der Waals surface area contributed by atoms with Gasteiger partial charge in [0, 0.05) is 6.42 Å². The average molecular weight is 427 g/mol. The van der Waals surface area contributed by atoms with E-state index < -0.39 is 35.9 Å². The number of carbonyl (C=O) groups is 3. The van der Waals surface area contributed by atoms with Crippen molar-refractivity contribution in [1.29, 1.82) is 0 Å². The molecule has 0 saturated carbocycles. The van der Waals surface area contributed by atoms with Crippen molar-refractivity contribution < 1.29 is 33.3 Å². The number of unbranched alkanes of at least 4 members (excludes halogenated alkanes) is 9. The third kappa shape index (κ3) is 8.08. The number of ketones is 2. The number of hydrogen-bond acceptors (Lipinski definition) is 7. The normalized spacial score (nSPS) is 25.6. The van der Waals surface area contributed by atoms with E-state index in [1.165, 1.54) is 44.9 Å². The van der Waals surface area contributed by atoms with Crippen LogP contribution in [0.4, 0.5) is 0 Å². The molecule has 0 amide bonds. The van der Waals surface area contributed by atoms with E-state index in [-0.39, 0.29) is 19.0 Å². The molecule has 0 aromatic heterocycles. The lowest BCUT2D eigenvalue weighted by Crippen LogP contribution is -2.41. The first-order valence-corrected chi connectivity index (χ1v) is 11.5. The highest BCUT2D eigenvalue weighted by Gasteiger charge is 2.52. The van der Waals surface area contributed by atoms with Gasteiger partial charge in [-0.25, -0.2) is 4.79 Å². The van der Waals surface area contributed by atoms with Gasteiger partial charge in [-0.05, 0) is 20.3 Å². The zero-order chi connectivity index (χ0) is 22.0. The molecular weight excluding hydrogens is 388 g/mol. The molecule has 0 N–H and O–H groups in total. The SMILES string of the molecule is CCCCCCCCCCCCC(=O)COC1C(=O)C(=O)O[C@@H]1[C@@H]1COC(C)(C)O1. The van der Waals surface area contributed by atoms with Crippen LogP contribution in [0.15, 0.2) is 0 Å². The van der Waals surface area contributed by atoms with E-state index in [0.29, 0.717) is 6.42 Å². The summed E-state index contributed by atoms with van der Waals surface area (Å²) >= 11 is 0. The number of Topliss-reactive ketones (excluding diaryl/α,β-unsaturated/α-hetero) is 2. The molecule has 0 aromatic carbocycles. The molecule has 0 bridgehead atoms. The Kier molecular flexibility index (Phi) is 10.4. The standard InChI is InChI=1S/C23H38O7/c1-4-5-6-7-8-9-10-11-12-13-14-17(24)15-27-21-19(25)22(26)29-20(21)18-16-28-23(2,3)30-18/h18,20-21H,4-16H2,1-3H3/t18-,20+,21?/m0/s1. The summed E-state index contributed by atoms with van der Waals surface area (Å²) in [6, 6.07) is 0. The molecule has 172 valence electrons. The van der Waals surface area contributed by atoms with Gasteiger partial charge in [0.25, 0.3) is 5.78 Å². The van der Waals surface area contributed by atoms with E-state index >= 15 is 0 Å². The highest BCUT2D eigenvalue weighted by atomic mass is 16.8. The Hall–Kier alpha value is -1.31. The second-order valence-corrected chi connectivity index (χ2v) is 8.80. The minimum atomic E-state index is -1.11. The minimum absolute atomic E-state index is 0.0654. The van der Waals surface area contributed by atoms with Crippen LogP contribution >= 0.6 is 0 Å². The van der Waals surface area contributed by atoms with Crippen LogP contribution in [0.25, 0.3) is 0 Å². The summed E-state index contributed by atoms with van der Waals surface area (Å²) in [7, 11) is 0. The molecule has 2 aliphatic heterocycles. The van der Waals surface area contributed by atoms with Gasteiger partial charge >= 0.3 is 5.97 Å². The lowest BCUT2D eigenvalue weighted by molar-refractivity contribution is -0.168. The second-order valence-electron chi connectivity index (χ2n) is 8.80. The van der Waals surface area contributed by atoms with Crippen molar-refractivity contribution in [3.63, 3.8) is 0 Å². The van der Waals surface area contributed by atoms with Crippen LogP contribution in [-0.4, -0.2) is 54.8 Å². The Balaban J connectivity index is 1.60.